The van der Waals surface area contributed by atoms with Gasteiger partial charge in [-0.1, -0.05) is 30.3 Å². The number of aliphatic imine (C=N–C) groups is 1. The molecule has 0 spiro atoms. The minimum absolute atomic E-state index is 0.109. The number of sulfonamides is 1. The average Bonchev–Trinajstić information content (AvgIpc) is 2.81. The van der Waals surface area contributed by atoms with Crippen molar-refractivity contribution >= 4 is 21.7 Å². The van der Waals surface area contributed by atoms with Gasteiger partial charge in [-0.3, -0.25) is 4.90 Å². The molecule has 0 saturated carbocycles. The van der Waals surface area contributed by atoms with Crippen molar-refractivity contribution in [3.8, 4) is 0 Å². The third kappa shape index (κ3) is 6.26. The quantitative estimate of drug-likeness (QED) is 0.616. The first-order valence-corrected chi connectivity index (χ1v) is 14.4. The van der Waals surface area contributed by atoms with Gasteiger partial charge in [-0.25, -0.2) is 22.5 Å². The lowest BCUT2D eigenvalue weighted by molar-refractivity contribution is 0.0762. The first-order valence-electron chi connectivity index (χ1n) is 12.9. The van der Waals surface area contributed by atoms with Crippen LogP contribution in [-0.2, 0) is 21.2 Å². The summed E-state index contributed by atoms with van der Waals surface area (Å²) in [5, 5.41) is -0.816. The van der Waals surface area contributed by atoms with Crippen molar-refractivity contribution in [2.75, 3.05) is 31.1 Å². The van der Waals surface area contributed by atoms with Crippen LogP contribution in [0.4, 0.5) is 10.1 Å². The number of nitrogens with one attached hydrogen (secondary N) is 1. The molecule has 37 heavy (non-hydrogen) atoms. The van der Waals surface area contributed by atoms with Gasteiger partial charge < -0.3 is 9.64 Å². The second kappa shape index (κ2) is 10.3. The van der Waals surface area contributed by atoms with E-state index in [0.717, 1.165) is 37.4 Å². The molecule has 2 heterocycles. The highest BCUT2D eigenvalue weighted by atomic mass is 32.2. The summed E-state index contributed by atoms with van der Waals surface area (Å²) in [6.45, 7) is 15.9. The molecule has 0 aliphatic carbocycles. The molecule has 0 bridgehead atoms. The standard InChI is InChI=1S/C28H39FN4O3S/c1-20(23-9-7-8-10-24(23)29)30-26-31-37(34,35)25(28(5,6)36-26)19-21-11-13-22(14-12-21)32-15-17-33(18-16-32)27(2,3)4/h7-14,20,25H,15-19H2,1-6H3,(H,30,31)/t20-,25+/m0/s1. The molecule has 9 heteroatoms. The minimum Gasteiger partial charge on any atom is -0.457 e. The van der Waals surface area contributed by atoms with E-state index in [1.807, 2.05) is 12.1 Å². The van der Waals surface area contributed by atoms with Crippen LogP contribution in [0.1, 0.15) is 58.7 Å². The summed E-state index contributed by atoms with van der Waals surface area (Å²) in [6, 6.07) is 13.7. The lowest BCUT2D eigenvalue weighted by Gasteiger charge is -2.43. The number of rotatable bonds is 5. The van der Waals surface area contributed by atoms with E-state index in [9.17, 15) is 12.8 Å². The lowest BCUT2D eigenvalue weighted by atomic mass is 9.97. The van der Waals surface area contributed by atoms with Crippen LogP contribution in [0.2, 0.25) is 0 Å². The van der Waals surface area contributed by atoms with Crippen molar-refractivity contribution in [3.05, 3.63) is 65.5 Å². The van der Waals surface area contributed by atoms with E-state index in [1.165, 1.54) is 6.07 Å². The Hall–Kier alpha value is -2.65. The number of hydrogen-bond acceptors (Lipinski definition) is 6. The van der Waals surface area contributed by atoms with Gasteiger partial charge in [0.25, 0.3) is 6.02 Å². The summed E-state index contributed by atoms with van der Waals surface area (Å²) in [7, 11) is -3.78. The highest BCUT2D eigenvalue weighted by molar-refractivity contribution is 7.90. The number of piperazine rings is 1. The molecule has 2 atom stereocenters. The van der Waals surface area contributed by atoms with Gasteiger partial charge in [-0.05, 0) is 71.7 Å². The maximum absolute atomic E-state index is 14.2. The second-order valence-corrected chi connectivity index (χ2v) is 13.4. The molecule has 2 fully saturated rings. The fraction of sp³-hybridized carbons (Fsp3) is 0.536. The highest BCUT2D eigenvalue weighted by Gasteiger charge is 2.47. The summed E-state index contributed by atoms with van der Waals surface area (Å²) in [5.41, 5.74) is 1.58. The summed E-state index contributed by atoms with van der Waals surface area (Å²) in [6.07, 6.45) is 0.302. The normalized spacial score (nSPS) is 23.8. The van der Waals surface area contributed by atoms with E-state index in [1.54, 1.807) is 39.0 Å². The molecule has 7 nitrogen and oxygen atoms in total. The van der Waals surface area contributed by atoms with E-state index >= 15 is 0 Å². The smallest absolute Gasteiger partial charge is 0.299 e. The predicted octanol–water partition coefficient (Wildman–Crippen LogP) is 4.50. The Bertz CT molecular complexity index is 1230. The fourth-order valence-corrected chi connectivity index (χ4v) is 6.75. The van der Waals surface area contributed by atoms with Gasteiger partial charge in [0.1, 0.15) is 16.7 Å². The Labute approximate surface area is 220 Å². The van der Waals surface area contributed by atoms with Crippen LogP contribution in [0.5, 0.6) is 0 Å². The number of halogens is 1. The highest BCUT2D eigenvalue weighted by Crippen LogP contribution is 2.31. The zero-order valence-electron chi connectivity index (χ0n) is 22.7. The van der Waals surface area contributed by atoms with E-state index in [2.05, 4.69) is 52.4 Å². The number of benzene rings is 2. The van der Waals surface area contributed by atoms with Gasteiger partial charge in [-0.15, -0.1) is 0 Å². The monoisotopic (exact) mass is 530 g/mol. The molecule has 1 N–H and O–H groups in total. The lowest BCUT2D eigenvalue weighted by Crippen LogP contribution is -2.59. The molecular weight excluding hydrogens is 491 g/mol. The summed E-state index contributed by atoms with van der Waals surface area (Å²) in [4.78, 5) is 9.21. The number of ether oxygens (including phenoxy) is 1. The molecule has 2 aliphatic heterocycles. The van der Waals surface area contributed by atoms with E-state index in [0.29, 0.717) is 12.0 Å². The van der Waals surface area contributed by atoms with Crippen LogP contribution in [-0.4, -0.2) is 61.9 Å². The summed E-state index contributed by atoms with van der Waals surface area (Å²) in [5.74, 6) is -0.394. The Morgan fingerprint density at radius 2 is 1.70 bits per heavy atom. The van der Waals surface area contributed by atoms with Gasteiger partial charge in [0, 0.05) is 43.0 Å². The minimum atomic E-state index is -3.78. The van der Waals surface area contributed by atoms with Crippen molar-refractivity contribution in [2.45, 2.75) is 70.4 Å². The van der Waals surface area contributed by atoms with E-state index in [4.69, 9.17) is 4.74 Å². The Morgan fingerprint density at radius 3 is 2.27 bits per heavy atom. The number of anilines is 1. The van der Waals surface area contributed by atoms with E-state index < -0.39 is 32.7 Å². The van der Waals surface area contributed by atoms with Crippen molar-refractivity contribution < 1.29 is 17.5 Å². The Balaban J connectivity index is 1.44. The summed E-state index contributed by atoms with van der Waals surface area (Å²) < 4.78 is 49.2. The predicted molar refractivity (Wildman–Crippen MR) is 147 cm³/mol. The number of hydrogen-bond donors (Lipinski definition) is 1. The SMILES string of the molecule is C[C@H](N=C1NS(=O)(=O)[C@H](Cc2ccc(N3CCN(C(C)(C)C)CC3)cc2)C(C)(C)O1)c1ccccc1F. The van der Waals surface area contributed by atoms with Crippen molar-refractivity contribution in [3.63, 3.8) is 0 Å². The molecule has 4 rings (SSSR count). The molecule has 202 valence electrons. The molecule has 0 radical (unpaired) electrons. The maximum Gasteiger partial charge on any atom is 0.299 e. The summed E-state index contributed by atoms with van der Waals surface area (Å²) >= 11 is 0. The Morgan fingerprint density at radius 1 is 1.08 bits per heavy atom. The van der Waals surface area contributed by atoms with Crippen LogP contribution in [0.25, 0.3) is 0 Å². The molecule has 0 amide bonds. The van der Waals surface area contributed by atoms with Gasteiger partial charge in [0.05, 0.1) is 6.04 Å². The van der Waals surface area contributed by atoms with Crippen molar-refractivity contribution in [1.29, 1.82) is 0 Å². The number of nitrogens with zero attached hydrogens (tertiary/aromatic N) is 3. The molecule has 2 saturated heterocycles. The number of amidine groups is 1. The molecule has 0 unspecified atom stereocenters. The Kier molecular flexibility index (Phi) is 7.59. The van der Waals surface area contributed by atoms with E-state index in [-0.39, 0.29) is 11.6 Å². The van der Waals surface area contributed by atoms with Crippen LogP contribution in [0.3, 0.4) is 0 Å². The zero-order valence-corrected chi connectivity index (χ0v) is 23.5. The fourth-order valence-electron chi connectivity index (χ4n) is 5.06. The average molecular weight is 531 g/mol. The second-order valence-electron chi connectivity index (χ2n) is 11.5. The van der Waals surface area contributed by atoms with Crippen LogP contribution in [0.15, 0.2) is 53.5 Å². The maximum atomic E-state index is 14.2. The third-order valence-electron chi connectivity index (χ3n) is 7.36. The van der Waals surface area contributed by atoms with Crippen LogP contribution < -0.4 is 9.62 Å². The van der Waals surface area contributed by atoms with Crippen molar-refractivity contribution in [2.24, 2.45) is 4.99 Å². The van der Waals surface area contributed by atoms with Gasteiger partial charge >= 0.3 is 0 Å². The van der Waals surface area contributed by atoms with Crippen molar-refractivity contribution in [1.82, 2.24) is 9.62 Å². The molecule has 2 aromatic rings. The van der Waals surface area contributed by atoms with Gasteiger partial charge in [-0.2, -0.15) is 0 Å². The zero-order chi connectivity index (χ0) is 27.0. The van der Waals surface area contributed by atoms with Gasteiger partial charge in [0.2, 0.25) is 10.0 Å². The first kappa shape index (κ1) is 27.4. The first-order chi connectivity index (χ1) is 17.3. The largest absolute Gasteiger partial charge is 0.457 e. The van der Waals surface area contributed by atoms with Crippen LogP contribution >= 0.6 is 0 Å². The molecular formula is C28H39FN4O3S. The molecule has 2 aromatic carbocycles. The molecule has 2 aliphatic rings. The third-order valence-corrected chi connectivity index (χ3v) is 9.30. The molecule has 0 aromatic heterocycles. The topological polar surface area (TPSA) is 74.2 Å². The van der Waals surface area contributed by atoms with Gasteiger partial charge in [0.15, 0.2) is 0 Å². The van der Waals surface area contributed by atoms with Crippen LogP contribution in [0, 0.1) is 5.82 Å².